The van der Waals surface area contributed by atoms with E-state index in [0.29, 0.717) is 12.1 Å². The van der Waals surface area contributed by atoms with Crippen LogP contribution in [0.4, 0.5) is 0 Å². The van der Waals surface area contributed by atoms with Gasteiger partial charge in [-0.15, -0.1) is 0 Å². The van der Waals surface area contributed by atoms with E-state index >= 15 is 0 Å². The largest absolute Gasteiger partial charge is 0.351 e. The Balaban J connectivity index is 1.66. The van der Waals surface area contributed by atoms with Gasteiger partial charge >= 0.3 is 0 Å². The van der Waals surface area contributed by atoms with Gasteiger partial charge in [-0.1, -0.05) is 11.6 Å². The van der Waals surface area contributed by atoms with Crippen molar-refractivity contribution in [3.63, 3.8) is 0 Å². The smallest absolute Gasteiger partial charge is 0.252 e. The van der Waals surface area contributed by atoms with Gasteiger partial charge in [-0.3, -0.25) is 9.59 Å². The lowest BCUT2D eigenvalue weighted by molar-refractivity contribution is 0.0943. The number of allylic oxidation sites excluding steroid dienone is 2. The Bertz CT molecular complexity index is 578. The summed E-state index contributed by atoms with van der Waals surface area (Å²) in [5.74, 6) is 0.665. The van der Waals surface area contributed by atoms with Crippen LogP contribution in [0, 0.1) is 5.92 Å². The van der Waals surface area contributed by atoms with Crippen LogP contribution < -0.4 is 10.9 Å². The van der Waals surface area contributed by atoms with E-state index < -0.39 is 0 Å². The Morgan fingerprint density at radius 2 is 2.13 bits per heavy atom. The van der Waals surface area contributed by atoms with Crippen molar-refractivity contribution in [3.8, 4) is 0 Å². The number of pyridine rings is 1. The van der Waals surface area contributed by atoms with Gasteiger partial charge in [0.25, 0.3) is 5.91 Å². The summed E-state index contributed by atoms with van der Waals surface area (Å²) in [7, 11) is 0. The van der Waals surface area contributed by atoms with E-state index in [2.05, 4.69) is 35.1 Å². The highest BCUT2D eigenvalue weighted by atomic mass is 16.1. The molecule has 2 heterocycles. The standard InChI is InChI=1S/C18H27N3O2/c1-3-14(2)12-15-6-9-21(10-7-15)11-8-19-18(23)16-4-5-17(22)20-13-16/h3-5,13,15H,6-12H2,1-2H3,(H,19,23)(H,20,22)/b14-3+. The number of likely N-dealkylation sites (tertiary alicyclic amines) is 1. The molecule has 2 N–H and O–H groups in total. The van der Waals surface area contributed by atoms with Crippen molar-refractivity contribution in [1.82, 2.24) is 15.2 Å². The minimum Gasteiger partial charge on any atom is -0.351 e. The first-order valence-electron chi connectivity index (χ1n) is 8.39. The number of nitrogens with zero attached hydrogens (tertiary/aromatic N) is 1. The van der Waals surface area contributed by atoms with Crippen LogP contribution in [-0.4, -0.2) is 42.0 Å². The number of piperidine rings is 1. The number of H-pyrrole nitrogens is 1. The SMILES string of the molecule is C/C=C(\C)CC1CCN(CCNC(=O)c2ccc(=O)[nH]c2)CC1. The molecule has 0 aliphatic carbocycles. The van der Waals surface area contributed by atoms with Gasteiger partial charge in [-0.2, -0.15) is 0 Å². The topological polar surface area (TPSA) is 65.2 Å². The maximum Gasteiger partial charge on any atom is 0.252 e. The fourth-order valence-electron chi connectivity index (χ4n) is 2.97. The van der Waals surface area contributed by atoms with Crippen molar-refractivity contribution in [3.05, 3.63) is 45.9 Å². The molecule has 0 saturated carbocycles. The molecule has 1 saturated heterocycles. The highest BCUT2D eigenvalue weighted by Crippen LogP contribution is 2.23. The van der Waals surface area contributed by atoms with Crippen molar-refractivity contribution < 1.29 is 4.79 Å². The number of hydrogen-bond donors (Lipinski definition) is 2. The average Bonchev–Trinajstić information content (AvgIpc) is 2.57. The molecule has 5 heteroatoms. The number of amides is 1. The molecule has 126 valence electrons. The minimum absolute atomic E-state index is 0.139. The maximum absolute atomic E-state index is 11.9. The van der Waals surface area contributed by atoms with Crippen molar-refractivity contribution in [2.24, 2.45) is 5.92 Å². The van der Waals surface area contributed by atoms with Gasteiger partial charge < -0.3 is 15.2 Å². The second-order valence-electron chi connectivity index (χ2n) is 6.32. The molecule has 0 radical (unpaired) electrons. The molecule has 0 spiro atoms. The maximum atomic E-state index is 11.9. The lowest BCUT2D eigenvalue weighted by Crippen LogP contribution is -2.39. The molecule has 2 rings (SSSR count). The van der Waals surface area contributed by atoms with Crippen LogP contribution in [-0.2, 0) is 0 Å². The third-order valence-corrected chi connectivity index (χ3v) is 4.57. The van der Waals surface area contributed by atoms with Gasteiger partial charge in [0.15, 0.2) is 0 Å². The van der Waals surface area contributed by atoms with Crippen LogP contribution in [0.1, 0.15) is 43.5 Å². The molecule has 1 amide bonds. The van der Waals surface area contributed by atoms with Crippen molar-refractivity contribution in [2.45, 2.75) is 33.1 Å². The Morgan fingerprint density at radius 1 is 1.39 bits per heavy atom. The van der Waals surface area contributed by atoms with Gasteiger partial charge in [0.2, 0.25) is 5.56 Å². The second-order valence-corrected chi connectivity index (χ2v) is 6.32. The summed E-state index contributed by atoms with van der Waals surface area (Å²) in [6.07, 6.45) is 7.34. The third kappa shape index (κ3) is 5.67. The van der Waals surface area contributed by atoms with Crippen LogP contribution >= 0.6 is 0 Å². The number of aromatic amines is 1. The molecule has 23 heavy (non-hydrogen) atoms. The first-order valence-corrected chi connectivity index (χ1v) is 8.39. The van der Waals surface area contributed by atoms with E-state index in [-0.39, 0.29) is 11.5 Å². The Labute approximate surface area is 137 Å². The molecular weight excluding hydrogens is 290 g/mol. The zero-order valence-electron chi connectivity index (χ0n) is 14.1. The monoisotopic (exact) mass is 317 g/mol. The zero-order chi connectivity index (χ0) is 16.7. The predicted molar refractivity (Wildman–Crippen MR) is 92.6 cm³/mol. The van der Waals surface area contributed by atoms with Gasteiger partial charge in [-0.25, -0.2) is 0 Å². The minimum atomic E-state index is -0.197. The summed E-state index contributed by atoms with van der Waals surface area (Å²) in [6.45, 7) is 8.04. The second kappa shape index (κ2) is 8.67. The summed E-state index contributed by atoms with van der Waals surface area (Å²) < 4.78 is 0. The predicted octanol–water partition coefficient (Wildman–Crippen LogP) is 2.17. The molecule has 0 unspecified atom stereocenters. The Morgan fingerprint density at radius 3 is 2.74 bits per heavy atom. The highest BCUT2D eigenvalue weighted by Gasteiger charge is 2.19. The summed E-state index contributed by atoms with van der Waals surface area (Å²) >= 11 is 0. The quantitative estimate of drug-likeness (QED) is 0.790. The number of hydrogen-bond acceptors (Lipinski definition) is 3. The first-order chi connectivity index (χ1) is 11.1. The van der Waals surface area contributed by atoms with E-state index in [9.17, 15) is 9.59 Å². The highest BCUT2D eigenvalue weighted by molar-refractivity contribution is 5.93. The summed E-state index contributed by atoms with van der Waals surface area (Å²) in [4.78, 5) is 27.9. The molecule has 1 aromatic heterocycles. The number of carbonyl (C=O) groups excluding carboxylic acids is 1. The van der Waals surface area contributed by atoms with Crippen LogP contribution in [0.2, 0.25) is 0 Å². The average molecular weight is 317 g/mol. The van der Waals surface area contributed by atoms with Gasteiger partial charge in [0, 0.05) is 25.4 Å². The van der Waals surface area contributed by atoms with E-state index in [0.717, 1.165) is 25.6 Å². The van der Waals surface area contributed by atoms with Crippen molar-refractivity contribution in [1.29, 1.82) is 0 Å². The molecule has 0 atom stereocenters. The molecule has 1 aliphatic rings. The van der Waals surface area contributed by atoms with Crippen LogP contribution in [0.3, 0.4) is 0 Å². The van der Waals surface area contributed by atoms with Crippen molar-refractivity contribution >= 4 is 5.91 Å². The van der Waals surface area contributed by atoms with E-state index in [4.69, 9.17) is 0 Å². The third-order valence-electron chi connectivity index (χ3n) is 4.57. The molecule has 1 fully saturated rings. The molecule has 1 aromatic rings. The number of nitrogens with one attached hydrogen (secondary N) is 2. The molecule has 0 aromatic carbocycles. The summed E-state index contributed by atoms with van der Waals surface area (Å²) in [5.41, 5.74) is 1.78. The van der Waals surface area contributed by atoms with Crippen LogP contribution in [0.5, 0.6) is 0 Å². The normalized spacial score (nSPS) is 17.2. The number of carbonyl (C=O) groups is 1. The Kier molecular flexibility index (Phi) is 6.59. The first kappa shape index (κ1) is 17.5. The van der Waals surface area contributed by atoms with Crippen molar-refractivity contribution in [2.75, 3.05) is 26.2 Å². The molecular formula is C18H27N3O2. The van der Waals surface area contributed by atoms with E-state index in [1.807, 2.05) is 0 Å². The van der Waals surface area contributed by atoms with Crippen LogP contribution in [0.15, 0.2) is 34.8 Å². The van der Waals surface area contributed by atoms with E-state index in [1.54, 1.807) is 6.07 Å². The molecule has 5 nitrogen and oxygen atoms in total. The molecule has 0 bridgehead atoms. The fourth-order valence-corrected chi connectivity index (χ4v) is 2.97. The van der Waals surface area contributed by atoms with Gasteiger partial charge in [0.1, 0.15) is 0 Å². The molecule has 1 aliphatic heterocycles. The van der Waals surface area contributed by atoms with Gasteiger partial charge in [-0.05, 0) is 58.2 Å². The van der Waals surface area contributed by atoms with Crippen LogP contribution in [0.25, 0.3) is 0 Å². The summed E-state index contributed by atoms with van der Waals surface area (Å²) in [5, 5.41) is 2.91. The van der Waals surface area contributed by atoms with Gasteiger partial charge in [0.05, 0.1) is 5.56 Å². The number of aromatic nitrogens is 1. The summed E-state index contributed by atoms with van der Waals surface area (Å²) in [6, 6.07) is 2.91. The zero-order valence-corrected chi connectivity index (χ0v) is 14.1. The Hall–Kier alpha value is -1.88. The lowest BCUT2D eigenvalue weighted by atomic mass is 9.90. The lowest BCUT2D eigenvalue weighted by Gasteiger charge is -2.32. The number of rotatable bonds is 6. The van der Waals surface area contributed by atoms with E-state index in [1.165, 1.54) is 37.1 Å². The fraction of sp³-hybridized carbons (Fsp3) is 0.556.